The van der Waals surface area contributed by atoms with Gasteiger partial charge in [0, 0.05) is 22.3 Å². The van der Waals surface area contributed by atoms with E-state index in [1.807, 2.05) is 19.1 Å². The van der Waals surface area contributed by atoms with Crippen LogP contribution in [-0.2, 0) is 10.0 Å². The maximum absolute atomic E-state index is 12.2. The largest absolute Gasteiger partial charge is 0.383 e. The van der Waals surface area contributed by atoms with Gasteiger partial charge < -0.3 is 5.32 Å². The first-order valence-corrected chi connectivity index (χ1v) is 8.62. The van der Waals surface area contributed by atoms with Crippen molar-refractivity contribution in [1.29, 1.82) is 0 Å². The summed E-state index contributed by atoms with van der Waals surface area (Å²) in [6.07, 6.45) is 0. The molecule has 108 valence electrons. The third-order valence-corrected chi connectivity index (χ3v) is 5.45. The van der Waals surface area contributed by atoms with Crippen LogP contribution in [0, 0.1) is 6.92 Å². The zero-order valence-electron chi connectivity index (χ0n) is 11.7. The fraction of sp³-hybridized carbons (Fsp3) is 0.286. The second-order valence-electron chi connectivity index (χ2n) is 4.85. The van der Waals surface area contributed by atoms with Crippen molar-refractivity contribution in [2.45, 2.75) is 31.0 Å². The van der Waals surface area contributed by atoms with Crippen LogP contribution in [0.4, 0.5) is 11.4 Å². The van der Waals surface area contributed by atoms with Gasteiger partial charge >= 0.3 is 0 Å². The van der Waals surface area contributed by atoms with E-state index in [4.69, 9.17) is 0 Å². The third kappa shape index (κ3) is 3.74. The smallest absolute Gasteiger partial charge is 0.271 e. The quantitative estimate of drug-likeness (QED) is 0.885. The lowest BCUT2D eigenvalue weighted by Gasteiger charge is -2.11. The van der Waals surface area contributed by atoms with E-state index in [0.717, 1.165) is 10.6 Å². The zero-order chi connectivity index (χ0) is 14.8. The number of sulfonamides is 1. The van der Waals surface area contributed by atoms with Crippen LogP contribution in [0.3, 0.4) is 0 Å². The molecule has 0 radical (unpaired) electrons. The third-order valence-electron chi connectivity index (χ3n) is 2.57. The lowest BCUT2D eigenvalue weighted by atomic mass is 10.2. The van der Waals surface area contributed by atoms with E-state index in [2.05, 4.69) is 23.9 Å². The Bertz CT molecular complexity index is 673. The Morgan fingerprint density at radius 3 is 2.10 bits per heavy atom. The van der Waals surface area contributed by atoms with Crippen LogP contribution in [0.1, 0.15) is 18.7 Å². The summed E-state index contributed by atoms with van der Waals surface area (Å²) in [6, 6.07) is 11.0. The summed E-state index contributed by atoms with van der Waals surface area (Å²) in [5, 5.41) is 3.25. The molecule has 0 bridgehead atoms. The molecule has 0 atom stereocenters. The van der Waals surface area contributed by atoms with Crippen molar-refractivity contribution in [2.24, 2.45) is 0 Å². The molecule has 2 aromatic rings. The summed E-state index contributed by atoms with van der Waals surface area (Å²) in [6.45, 7) is 5.99. The average Bonchev–Trinajstić information content (AvgIpc) is 2.78. The number of anilines is 2. The molecule has 20 heavy (non-hydrogen) atoms. The molecule has 6 heteroatoms. The van der Waals surface area contributed by atoms with Gasteiger partial charge in [-0.2, -0.15) is 0 Å². The second kappa shape index (κ2) is 5.85. The standard InChI is InChI=1S/C14H18N2O2S2/c1-10(2)15-12-5-7-13(8-6-12)16-20(17,18)14-9-4-11(3)19-14/h4-10,15-16H,1-3H3. The Labute approximate surface area is 123 Å². The number of hydrogen-bond acceptors (Lipinski definition) is 4. The van der Waals surface area contributed by atoms with Gasteiger partial charge in [0.15, 0.2) is 0 Å². The molecule has 2 N–H and O–H groups in total. The fourth-order valence-electron chi connectivity index (χ4n) is 1.73. The van der Waals surface area contributed by atoms with Crippen molar-refractivity contribution in [3.8, 4) is 0 Å². The number of rotatable bonds is 5. The van der Waals surface area contributed by atoms with Crippen molar-refractivity contribution in [2.75, 3.05) is 10.0 Å². The molecule has 0 spiro atoms. The maximum atomic E-state index is 12.2. The normalized spacial score (nSPS) is 11.6. The second-order valence-corrected chi connectivity index (χ2v) is 8.04. The first-order valence-electron chi connectivity index (χ1n) is 6.33. The predicted molar refractivity (Wildman–Crippen MR) is 85.1 cm³/mol. The van der Waals surface area contributed by atoms with E-state index >= 15 is 0 Å². The zero-order valence-corrected chi connectivity index (χ0v) is 13.3. The van der Waals surface area contributed by atoms with Gasteiger partial charge in [0.2, 0.25) is 0 Å². The van der Waals surface area contributed by atoms with Crippen LogP contribution in [0.15, 0.2) is 40.6 Å². The maximum Gasteiger partial charge on any atom is 0.271 e. The first-order chi connectivity index (χ1) is 9.37. The van der Waals surface area contributed by atoms with Crippen LogP contribution in [-0.4, -0.2) is 14.5 Å². The van der Waals surface area contributed by atoms with E-state index < -0.39 is 10.0 Å². The molecule has 4 nitrogen and oxygen atoms in total. The summed E-state index contributed by atoms with van der Waals surface area (Å²) in [4.78, 5) is 0.974. The highest BCUT2D eigenvalue weighted by atomic mass is 32.2. The van der Waals surface area contributed by atoms with Crippen molar-refractivity contribution in [3.05, 3.63) is 41.3 Å². The first kappa shape index (κ1) is 14.9. The van der Waals surface area contributed by atoms with Crippen LogP contribution in [0.5, 0.6) is 0 Å². The molecule has 0 aliphatic heterocycles. The van der Waals surface area contributed by atoms with Gasteiger partial charge in [-0.3, -0.25) is 4.72 Å². The Kier molecular flexibility index (Phi) is 4.35. The van der Waals surface area contributed by atoms with Gasteiger partial charge in [0.1, 0.15) is 4.21 Å². The molecule has 1 aromatic heterocycles. The molecule has 0 unspecified atom stereocenters. The summed E-state index contributed by atoms with van der Waals surface area (Å²) in [7, 11) is -3.48. The van der Waals surface area contributed by atoms with E-state index in [-0.39, 0.29) is 0 Å². The molecular formula is C14H18N2O2S2. The van der Waals surface area contributed by atoms with Gasteiger partial charge in [-0.05, 0) is 57.2 Å². The number of thiophene rings is 1. The molecule has 2 rings (SSSR count). The summed E-state index contributed by atoms with van der Waals surface area (Å²) < 4.78 is 27.2. The van der Waals surface area contributed by atoms with Crippen LogP contribution in [0.2, 0.25) is 0 Å². The van der Waals surface area contributed by atoms with Crippen LogP contribution in [0.25, 0.3) is 0 Å². The Balaban J connectivity index is 2.13. The van der Waals surface area contributed by atoms with Crippen LogP contribution < -0.4 is 10.0 Å². The van der Waals surface area contributed by atoms with Gasteiger partial charge in [-0.15, -0.1) is 11.3 Å². The minimum Gasteiger partial charge on any atom is -0.383 e. The minimum atomic E-state index is -3.48. The van der Waals surface area contributed by atoms with Gasteiger partial charge in [-0.25, -0.2) is 8.42 Å². The molecule has 0 aliphatic rings. The monoisotopic (exact) mass is 310 g/mol. The van der Waals surface area contributed by atoms with Crippen molar-refractivity contribution < 1.29 is 8.42 Å². The average molecular weight is 310 g/mol. The SMILES string of the molecule is Cc1ccc(S(=O)(=O)Nc2ccc(NC(C)C)cc2)s1. The van der Waals surface area contributed by atoms with E-state index in [0.29, 0.717) is 15.9 Å². The lowest BCUT2D eigenvalue weighted by Crippen LogP contribution is -2.12. The Hall–Kier alpha value is -1.53. The summed E-state index contributed by atoms with van der Waals surface area (Å²) in [5.74, 6) is 0. The molecule has 0 aliphatic carbocycles. The number of hydrogen-bond donors (Lipinski definition) is 2. The molecular weight excluding hydrogens is 292 g/mol. The molecule has 1 heterocycles. The Morgan fingerprint density at radius 2 is 1.60 bits per heavy atom. The molecule has 0 saturated carbocycles. The Morgan fingerprint density at radius 1 is 1.00 bits per heavy atom. The highest BCUT2D eigenvalue weighted by Gasteiger charge is 2.16. The predicted octanol–water partition coefficient (Wildman–Crippen LogP) is 3.68. The van der Waals surface area contributed by atoms with Crippen molar-refractivity contribution in [3.63, 3.8) is 0 Å². The molecule has 1 aromatic carbocycles. The van der Waals surface area contributed by atoms with E-state index in [1.165, 1.54) is 11.3 Å². The number of aryl methyl sites for hydroxylation is 1. The highest BCUT2D eigenvalue weighted by molar-refractivity contribution is 7.94. The molecule has 0 saturated heterocycles. The van der Waals surface area contributed by atoms with Crippen LogP contribution >= 0.6 is 11.3 Å². The topological polar surface area (TPSA) is 58.2 Å². The van der Waals surface area contributed by atoms with Crippen molar-refractivity contribution >= 4 is 32.7 Å². The minimum absolute atomic E-state index is 0.333. The molecule has 0 fully saturated rings. The van der Waals surface area contributed by atoms with Gasteiger partial charge in [0.05, 0.1) is 0 Å². The number of nitrogens with one attached hydrogen (secondary N) is 2. The number of benzene rings is 1. The van der Waals surface area contributed by atoms with Crippen molar-refractivity contribution in [1.82, 2.24) is 0 Å². The van der Waals surface area contributed by atoms with Gasteiger partial charge in [-0.1, -0.05) is 0 Å². The lowest BCUT2D eigenvalue weighted by molar-refractivity contribution is 0.603. The highest BCUT2D eigenvalue weighted by Crippen LogP contribution is 2.24. The fourth-order valence-corrected chi connectivity index (χ4v) is 4.07. The van der Waals surface area contributed by atoms with E-state index in [9.17, 15) is 8.42 Å². The van der Waals surface area contributed by atoms with Gasteiger partial charge in [0.25, 0.3) is 10.0 Å². The molecule has 0 amide bonds. The summed E-state index contributed by atoms with van der Waals surface area (Å²) >= 11 is 1.26. The summed E-state index contributed by atoms with van der Waals surface area (Å²) in [5.41, 5.74) is 1.53. The van der Waals surface area contributed by atoms with E-state index in [1.54, 1.807) is 24.3 Å².